The van der Waals surface area contributed by atoms with E-state index in [9.17, 15) is 14.7 Å². The summed E-state index contributed by atoms with van der Waals surface area (Å²) >= 11 is 0. The number of hydrogen-bond donors (Lipinski definition) is 0. The van der Waals surface area contributed by atoms with Crippen LogP contribution in [-0.2, 0) is 11.2 Å². The molecule has 0 amide bonds. The summed E-state index contributed by atoms with van der Waals surface area (Å²) in [4.78, 5) is 21.9. The number of carboxylic acids is 1. The van der Waals surface area contributed by atoms with Gasteiger partial charge in [-0.3, -0.25) is 4.79 Å². The molecule has 0 atom stereocenters. The molecule has 0 aliphatic carbocycles. The Morgan fingerprint density at radius 2 is 1.72 bits per heavy atom. The molecule has 0 radical (unpaired) electrons. The Kier molecular flexibility index (Phi) is 6.12. The zero-order chi connectivity index (χ0) is 13.4. The molecular formula is C15H19O3-. The molecule has 18 heavy (non-hydrogen) atoms. The highest BCUT2D eigenvalue weighted by atomic mass is 16.4. The second-order valence-corrected chi connectivity index (χ2v) is 4.45. The van der Waals surface area contributed by atoms with Gasteiger partial charge in [-0.2, -0.15) is 0 Å². The van der Waals surface area contributed by atoms with Crippen molar-refractivity contribution in [1.82, 2.24) is 0 Å². The number of benzene rings is 1. The van der Waals surface area contributed by atoms with E-state index in [-0.39, 0.29) is 18.6 Å². The molecule has 0 aliphatic rings. The average molecular weight is 247 g/mol. The monoisotopic (exact) mass is 247 g/mol. The minimum absolute atomic E-state index is 0.0114. The van der Waals surface area contributed by atoms with Crippen molar-refractivity contribution in [1.29, 1.82) is 0 Å². The molecule has 1 aromatic rings. The van der Waals surface area contributed by atoms with Crippen molar-refractivity contribution in [3.8, 4) is 0 Å². The molecule has 0 N–H and O–H groups in total. The zero-order valence-corrected chi connectivity index (χ0v) is 10.8. The van der Waals surface area contributed by atoms with Gasteiger partial charge in [0.1, 0.15) is 0 Å². The van der Waals surface area contributed by atoms with Crippen LogP contribution < -0.4 is 5.11 Å². The summed E-state index contributed by atoms with van der Waals surface area (Å²) in [5, 5.41) is 10.3. The predicted molar refractivity (Wildman–Crippen MR) is 68.2 cm³/mol. The van der Waals surface area contributed by atoms with Gasteiger partial charge >= 0.3 is 0 Å². The first kappa shape index (κ1) is 14.4. The van der Waals surface area contributed by atoms with Crippen LogP contribution in [0.4, 0.5) is 0 Å². The number of carbonyl (C=O) groups is 2. The van der Waals surface area contributed by atoms with Crippen LogP contribution in [-0.4, -0.2) is 11.8 Å². The van der Waals surface area contributed by atoms with Gasteiger partial charge in [-0.25, -0.2) is 0 Å². The van der Waals surface area contributed by atoms with E-state index in [0.29, 0.717) is 5.56 Å². The molecule has 3 nitrogen and oxygen atoms in total. The van der Waals surface area contributed by atoms with Crippen LogP contribution in [0.15, 0.2) is 24.3 Å². The Morgan fingerprint density at radius 3 is 2.28 bits per heavy atom. The number of carboxylic acid groups (broad SMARTS) is 1. The van der Waals surface area contributed by atoms with Crippen LogP contribution in [0.25, 0.3) is 0 Å². The predicted octanol–water partition coefficient (Wildman–Crippen LogP) is 2.13. The van der Waals surface area contributed by atoms with Gasteiger partial charge in [0.05, 0.1) is 0 Å². The van der Waals surface area contributed by atoms with Crippen molar-refractivity contribution in [2.24, 2.45) is 0 Å². The van der Waals surface area contributed by atoms with E-state index in [2.05, 4.69) is 6.92 Å². The largest absolute Gasteiger partial charge is 0.550 e. The molecule has 98 valence electrons. The first-order valence-corrected chi connectivity index (χ1v) is 6.45. The highest BCUT2D eigenvalue weighted by Crippen LogP contribution is 2.11. The second kappa shape index (κ2) is 7.64. The third-order valence-electron chi connectivity index (χ3n) is 2.90. The van der Waals surface area contributed by atoms with E-state index in [0.717, 1.165) is 12.8 Å². The third-order valence-corrected chi connectivity index (χ3v) is 2.90. The fourth-order valence-electron chi connectivity index (χ4n) is 1.80. The Morgan fingerprint density at radius 1 is 1.06 bits per heavy atom. The Bertz CT molecular complexity index is 393. The fraction of sp³-hybridized carbons (Fsp3) is 0.467. The second-order valence-electron chi connectivity index (χ2n) is 4.45. The molecule has 0 aliphatic heterocycles. The maximum atomic E-state index is 11.6. The average Bonchev–Trinajstić information content (AvgIpc) is 2.37. The summed E-state index contributed by atoms with van der Waals surface area (Å²) in [6, 6.07) is 7.45. The number of hydrogen-bond acceptors (Lipinski definition) is 3. The van der Waals surface area contributed by atoms with Crippen LogP contribution >= 0.6 is 0 Å². The van der Waals surface area contributed by atoms with Crippen LogP contribution in [0.2, 0.25) is 0 Å². The van der Waals surface area contributed by atoms with Gasteiger partial charge < -0.3 is 9.90 Å². The van der Waals surface area contributed by atoms with Crippen molar-refractivity contribution in [2.45, 2.75) is 45.4 Å². The van der Waals surface area contributed by atoms with Crippen molar-refractivity contribution in [3.05, 3.63) is 35.4 Å². The standard InChI is InChI=1S/C15H20O3/c1-2-3-4-5-12-6-8-13(9-7-12)14(16)10-11-15(17)18/h6-9H,2-5,10-11H2,1H3,(H,17,18)/p-1. The highest BCUT2D eigenvalue weighted by molar-refractivity contribution is 5.97. The number of carbonyl (C=O) groups excluding carboxylic acids is 2. The van der Waals surface area contributed by atoms with Gasteiger partial charge in [0, 0.05) is 18.0 Å². The SMILES string of the molecule is CCCCCc1ccc(C(=O)CCC(=O)[O-])cc1. The van der Waals surface area contributed by atoms with Gasteiger partial charge in [0.15, 0.2) is 5.78 Å². The normalized spacial score (nSPS) is 10.3. The number of unbranched alkanes of at least 4 members (excludes halogenated alkanes) is 2. The van der Waals surface area contributed by atoms with E-state index >= 15 is 0 Å². The van der Waals surface area contributed by atoms with Gasteiger partial charge in [-0.15, -0.1) is 0 Å². The van der Waals surface area contributed by atoms with E-state index in [1.807, 2.05) is 12.1 Å². The lowest BCUT2D eigenvalue weighted by Crippen LogP contribution is -2.22. The summed E-state index contributed by atoms with van der Waals surface area (Å²) < 4.78 is 0. The van der Waals surface area contributed by atoms with E-state index < -0.39 is 5.97 Å². The van der Waals surface area contributed by atoms with Crippen molar-refractivity contribution < 1.29 is 14.7 Å². The summed E-state index contributed by atoms with van der Waals surface area (Å²) in [5.41, 5.74) is 1.80. The molecule has 1 rings (SSSR count). The summed E-state index contributed by atoms with van der Waals surface area (Å²) in [6.45, 7) is 2.17. The third kappa shape index (κ3) is 5.13. The lowest BCUT2D eigenvalue weighted by molar-refractivity contribution is -0.305. The maximum Gasteiger partial charge on any atom is 0.163 e. The lowest BCUT2D eigenvalue weighted by Gasteiger charge is -2.04. The van der Waals surface area contributed by atoms with Crippen molar-refractivity contribution in [2.75, 3.05) is 0 Å². The Labute approximate surface area is 108 Å². The summed E-state index contributed by atoms with van der Waals surface area (Å²) in [5.74, 6) is -1.32. The number of aryl methyl sites for hydroxylation is 1. The number of ketones is 1. The molecule has 0 bridgehead atoms. The quantitative estimate of drug-likeness (QED) is 0.522. The minimum Gasteiger partial charge on any atom is -0.550 e. The first-order valence-electron chi connectivity index (χ1n) is 6.45. The number of rotatable bonds is 8. The topological polar surface area (TPSA) is 57.2 Å². The fourth-order valence-corrected chi connectivity index (χ4v) is 1.80. The van der Waals surface area contributed by atoms with Crippen LogP contribution in [0.1, 0.15) is 54.9 Å². The molecule has 3 heteroatoms. The molecule has 1 aromatic carbocycles. The van der Waals surface area contributed by atoms with Crippen molar-refractivity contribution in [3.63, 3.8) is 0 Å². The highest BCUT2D eigenvalue weighted by Gasteiger charge is 2.05. The maximum absolute atomic E-state index is 11.6. The first-order chi connectivity index (χ1) is 8.63. The number of aliphatic carboxylic acids is 1. The van der Waals surface area contributed by atoms with E-state index in [4.69, 9.17) is 0 Å². The summed E-state index contributed by atoms with van der Waals surface area (Å²) in [7, 11) is 0. The van der Waals surface area contributed by atoms with E-state index in [1.54, 1.807) is 12.1 Å². The van der Waals surface area contributed by atoms with Gasteiger partial charge in [0.25, 0.3) is 0 Å². The van der Waals surface area contributed by atoms with Gasteiger partial charge in [-0.05, 0) is 24.8 Å². The molecule has 0 unspecified atom stereocenters. The smallest absolute Gasteiger partial charge is 0.163 e. The van der Waals surface area contributed by atoms with Gasteiger partial charge in [-0.1, -0.05) is 44.0 Å². The van der Waals surface area contributed by atoms with Crippen molar-refractivity contribution >= 4 is 11.8 Å². The molecule has 0 heterocycles. The van der Waals surface area contributed by atoms with Crippen LogP contribution in [0, 0.1) is 0 Å². The zero-order valence-electron chi connectivity index (χ0n) is 10.8. The molecule has 0 spiro atoms. The molecule has 0 aromatic heterocycles. The molecule has 0 saturated carbocycles. The van der Waals surface area contributed by atoms with E-state index in [1.165, 1.54) is 18.4 Å². The summed E-state index contributed by atoms with van der Waals surface area (Å²) in [6.07, 6.45) is 4.40. The van der Waals surface area contributed by atoms with Crippen LogP contribution in [0.5, 0.6) is 0 Å². The number of Topliss-reactive ketones (excluding diaryl/α,β-unsaturated/α-hetero) is 1. The molecule has 0 saturated heterocycles. The van der Waals surface area contributed by atoms with Gasteiger partial charge in [0.2, 0.25) is 0 Å². The Hall–Kier alpha value is -1.64. The molecule has 0 fully saturated rings. The Balaban J connectivity index is 2.48. The lowest BCUT2D eigenvalue weighted by atomic mass is 10.0. The van der Waals surface area contributed by atoms with Crippen LogP contribution in [0.3, 0.4) is 0 Å². The minimum atomic E-state index is -1.18. The molecular weight excluding hydrogens is 228 g/mol.